The van der Waals surface area contributed by atoms with Crippen LogP contribution in [0.4, 0.5) is 5.13 Å². The van der Waals surface area contributed by atoms with Crippen molar-refractivity contribution in [2.75, 3.05) is 18.6 Å². The maximum absolute atomic E-state index is 13.6. The number of aliphatic hydroxyl groups excluding tert-OH is 1. The number of hydrogen-bond donors (Lipinski definition) is 1. The van der Waals surface area contributed by atoms with Crippen LogP contribution >= 0.6 is 11.3 Å². The second-order valence-electron chi connectivity index (χ2n) is 10.3. The number of hydrogen-bond acceptors (Lipinski definition) is 7. The van der Waals surface area contributed by atoms with Crippen LogP contribution in [-0.2, 0) is 15.0 Å². The highest BCUT2D eigenvalue weighted by molar-refractivity contribution is 7.22. The van der Waals surface area contributed by atoms with Gasteiger partial charge in [-0.3, -0.25) is 14.5 Å². The molecule has 7 nitrogen and oxygen atoms in total. The number of thiazole rings is 1. The summed E-state index contributed by atoms with van der Waals surface area (Å²) in [6.45, 7) is 8.76. The van der Waals surface area contributed by atoms with Gasteiger partial charge in [-0.05, 0) is 65.9 Å². The van der Waals surface area contributed by atoms with Crippen LogP contribution in [0.1, 0.15) is 50.4 Å². The minimum absolute atomic E-state index is 0.0181. The second kappa shape index (κ2) is 10.2. The number of methoxy groups -OCH3 is 1. The molecule has 1 aliphatic rings. The summed E-state index contributed by atoms with van der Waals surface area (Å²) in [6, 6.07) is 19.2. The van der Waals surface area contributed by atoms with Gasteiger partial charge in [0.2, 0.25) is 0 Å². The fourth-order valence-corrected chi connectivity index (χ4v) is 5.69. The van der Waals surface area contributed by atoms with E-state index in [0.717, 1.165) is 10.3 Å². The monoisotopic (exact) mass is 542 g/mol. The number of aliphatic hydroxyl groups is 1. The molecule has 2 heterocycles. The predicted molar refractivity (Wildman–Crippen MR) is 154 cm³/mol. The van der Waals surface area contributed by atoms with Gasteiger partial charge in [0.05, 0.1) is 35.5 Å². The van der Waals surface area contributed by atoms with E-state index in [1.54, 1.807) is 37.4 Å². The number of carbonyl (C=O) groups excluding carboxylic acids is 2. The zero-order valence-corrected chi connectivity index (χ0v) is 23.3. The standard InChI is InChI=1S/C31H30N2O5S/c1-6-38-21-13-9-19(10-14-21)27(34)25-26(18-7-11-20(12-8-18)31(2,3)4)33(29(36)28(25)35)30-32-23-16-15-22(37-5)17-24(23)39-30/h7-17,26,34H,6H2,1-5H3/t26-/m0/s1. The Kier molecular flexibility index (Phi) is 6.91. The quantitative estimate of drug-likeness (QED) is 0.167. The molecule has 0 bridgehead atoms. The van der Waals surface area contributed by atoms with Crippen molar-refractivity contribution in [1.29, 1.82) is 0 Å². The number of Topliss-reactive ketones (excluding diaryl/α,β-unsaturated/α-hetero) is 1. The van der Waals surface area contributed by atoms with Crippen molar-refractivity contribution in [2.45, 2.75) is 39.2 Å². The predicted octanol–water partition coefficient (Wildman–Crippen LogP) is 6.63. The molecule has 4 aromatic rings. The van der Waals surface area contributed by atoms with E-state index in [-0.39, 0.29) is 16.7 Å². The average Bonchev–Trinajstić information content (AvgIpc) is 3.46. The molecule has 0 radical (unpaired) electrons. The average molecular weight is 543 g/mol. The molecule has 1 N–H and O–H groups in total. The van der Waals surface area contributed by atoms with Crippen LogP contribution in [0.2, 0.25) is 0 Å². The lowest BCUT2D eigenvalue weighted by molar-refractivity contribution is -0.132. The molecule has 0 saturated carbocycles. The number of benzene rings is 3. The maximum atomic E-state index is 13.6. The Morgan fingerprint density at radius 3 is 2.28 bits per heavy atom. The lowest BCUT2D eigenvalue weighted by Gasteiger charge is -2.24. The van der Waals surface area contributed by atoms with Gasteiger partial charge in [0.1, 0.15) is 17.3 Å². The zero-order valence-electron chi connectivity index (χ0n) is 22.5. The maximum Gasteiger partial charge on any atom is 0.301 e. The highest BCUT2D eigenvalue weighted by Crippen LogP contribution is 2.45. The molecule has 0 unspecified atom stereocenters. The van der Waals surface area contributed by atoms with Crippen molar-refractivity contribution in [3.05, 3.63) is 89.0 Å². The van der Waals surface area contributed by atoms with Crippen LogP contribution in [0, 0.1) is 0 Å². The first-order chi connectivity index (χ1) is 18.6. The minimum atomic E-state index is -0.854. The molecule has 1 aliphatic heterocycles. The SMILES string of the molecule is CCOc1ccc(C(O)=C2C(=O)C(=O)N(c3nc4ccc(OC)cc4s3)[C@H]2c2ccc(C(C)(C)C)cc2)cc1. The minimum Gasteiger partial charge on any atom is -0.507 e. The fraction of sp³-hybridized carbons (Fsp3) is 0.258. The van der Waals surface area contributed by atoms with E-state index in [9.17, 15) is 14.7 Å². The van der Waals surface area contributed by atoms with E-state index >= 15 is 0 Å². The molecule has 3 aromatic carbocycles. The van der Waals surface area contributed by atoms with E-state index in [1.165, 1.54) is 16.2 Å². The van der Waals surface area contributed by atoms with Crippen molar-refractivity contribution < 1.29 is 24.2 Å². The third-order valence-corrected chi connectivity index (χ3v) is 7.78. The molecule has 1 fully saturated rings. The Hall–Kier alpha value is -4.17. The van der Waals surface area contributed by atoms with Gasteiger partial charge < -0.3 is 14.6 Å². The third-order valence-electron chi connectivity index (χ3n) is 6.77. The van der Waals surface area contributed by atoms with Crippen LogP contribution in [-0.4, -0.2) is 35.5 Å². The Morgan fingerprint density at radius 2 is 1.67 bits per heavy atom. The summed E-state index contributed by atoms with van der Waals surface area (Å²) >= 11 is 1.29. The molecule has 8 heteroatoms. The van der Waals surface area contributed by atoms with Crippen LogP contribution in [0.3, 0.4) is 0 Å². The Labute approximate surface area is 231 Å². The molecule has 1 aromatic heterocycles. The van der Waals surface area contributed by atoms with Crippen molar-refractivity contribution in [1.82, 2.24) is 4.98 Å². The van der Waals surface area contributed by atoms with Gasteiger partial charge >= 0.3 is 5.91 Å². The fourth-order valence-electron chi connectivity index (χ4n) is 4.66. The van der Waals surface area contributed by atoms with E-state index in [2.05, 4.69) is 25.8 Å². The number of aromatic nitrogens is 1. The highest BCUT2D eigenvalue weighted by Gasteiger charge is 2.48. The number of carbonyl (C=O) groups is 2. The second-order valence-corrected chi connectivity index (χ2v) is 11.3. The molecular weight excluding hydrogens is 512 g/mol. The molecule has 1 saturated heterocycles. The number of anilines is 1. The summed E-state index contributed by atoms with van der Waals surface area (Å²) in [5, 5.41) is 11.8. The number of ketones is 1. The van der Waals surface area contributed by atoms with Crippen molar-refractivity contribution in [3.63, 3.8) is 0 Å². The summed E-state index contributed by atoms with van der Waals surface area (Å²) in [4.78, 5) is 33.2. The van der Waals surface area contributed by atoms with Gasteiger partial charge in [-0.15, -0.1) is 0 Å². The molecule has 39 heavy (non-hydrogen) atoms. The number of rotatable bonds is 6. The number of ether oxygens (including phenoxy) is 2. The normalized spacial score (nSPS) is 17.2. The van der Waals surface area contributed by atoms with Gasteiger partial charge in [0, 0.05) is 5.56 Å². The van der Waals surface area contributed by atoms with Gasteiger partial charge in [-0.1, -0.05) is 56.4 Å². The summed E-state index contributed by atoms with van der Waals surface area (Å²) in [7, 11) is 1.59. The summed E-state index contributed by atoms with van der Waals surface area (Å²) in [5.41, 5.74) is 2.86. The molecular formula is C31H30N2O5S. The van der Waals surface area contributed by atoms with Gasteiger partial charge in [-0.25, -0.2) is 4.98 Å². The Morgan fingerprint density at radius 1 is 1.00 bits per heavy atom. The van der Waals surface area contributed by atoms with Crippen LogP contribution in [0.25, 0.3) is 16.0 Å². The first-order valence-corrected chi connectivity index (χ1v) is 13.5. The first-order valence-electron chi connectivity index (χ1n) is 12.7. The molecule has 200 valence electrons. The zero-order chi connectivity index (χ0) is 27.9. The first kappa shape index (κ1) is 26.4. The molecule has 1 atom stereocenters. The Balaban J connectivity index is 1.67. The van der Waals surface area contributed by atoms with Crippen LogP contribution < -0.4 is 14.4 Å². The highest BCUT2D eigenvalue weighted by atomic mass is 32.1. The molecule has 5 rings (SSSR count). The van der Waals surface area contributed by atoms with Gasteiger partial charge in [0.25, 0.3) is 5.78 Å². The molecule has 1 amide bonds. The largest absolute Gasteiger partial charge is 0.507 e. The van der Waals surface area contributed by atoms with Crippen molar-refractivity contribution in [3.8, 4) is 11.5 Å². The van der Waals surface area contributed by atoms with Crippen molar-refractivity contribution in [2.24, 2.45) is 0 Å². The van der Waals surface area contributed by atoms with E-state index in [0.29, 0.717) is 39.9 Å². The lowest BCUT2D eigenvalue weighted by Crippen LogP contribution is -2.29. The number of amides is 1. The molecule has 0 aliphatic carbocycles. The van der Waals surface area contributed by atoms with Crippen LogP contribution in [0.5, 0.6) is 11.5 Å². The third kappa shape index (κ3) is 4.88. The van der Waals surface area contributed by atoms with Crippen molar-refractivity contribution >= 4 is 44.1 Å². The van der Waals surface area contributed by atoms with E-state index in [4.69, 9.17) is 9.47 Å². The summed E-state index contributed by atoms with van der Waals surface area (Å²) < 4.78 is 11.7. The van der Waals surface area contributed by atoms with Crippen LogP contribution in [0.15, 0.2) is 72.3 Å². The summed E-state index contributed by atoms with van der Waals surface area (Å²) in [5.74, 6) is -0.425. The number of nitrogens with zero attached hydrogens (tertiary/aromatic N) is 2. The summed E-state index contributed by atoms with van der Waals surface area (Å²) in [6.07, 6.45) is 0. The number of fused-ring (bicyclic) bond motifs is 1. The van der Waals surface area contributed by atoms with E-state index in [1.807, 2.05) is 43.3 Å². The Bertz CT molecular complexity index is 1580. The van der Waals surface area contributed by atoms with Gasteiger partial charge in [0.15, 0.2) is 5.13 Å². The van der Waals surface area contributed by atoms with Gasteiger partial charge in [-0.2, -0.15) is 0 Å². The topological polar surface area (TPSA) is 89.0 Å². The smallest absolute Gasteiger partial charge is 0.301 e. The van der Waals surface area contributed by atoms with E-state index < -0.39 is 17.7 Å². The molecule has 0 spiro atoms. The lowest BCUT2D eigenvalue weighted by atomic mass is 9.85.